The van der Waals surface area contributed by atoms with Crippen molar-refractivity contribution in [1.29, 1.82) is 0 Å². The fourth-order valence-electron chi connectivity index (χ4n) is 2.33. The molecule has 5 heteroatoms. The highest BCUT2D eigenvalue weighted by Crippen LogP contribution is 2.17. The number of nitrogens with one attached hydrogen (secondary N) is 1. The van der Waals surface area contributed by atoms with Crippen LogP contribution >= 0.6 is 0 Å². The van der Waals surface area contributed by atoms with Crippen molar-refractivity contribution in [2.45, 2.75) is 52.7 Å². The number of aromatic nitrogens is 2. The summed E-state index contributed by atoms with van der Waals surface area (Å²) in [7, 11) is 0. The van der Waals surface area contributed by atoms with Crippen molar-refractivity contribution in [2.75, 3.05) is 5.32 Å². The minimum Gasteiger partial charge on any atom is -0.390 e. The summed E-state index contributed by atoms with van der Waals surface area (Å²) >= 11 is 0. The number of aryl methyl sites for hydroxylation is 3. The second-order valence-corrected chi connectivity index (χ2v) is 6.46. The minimum absolute atomic E-state index is 0.141. The van der Waals surface area contributed by atoms with Crippen LogP contribution in [0.25, 0.3) is 0 Å². The van der Waals surface area contributed by atoms with Gasteiger partial charge in [-0.2, -0.15) is 5.10 Å². The van der Waals surface area contributed by atoms with Gasteiger partial charge in [-0.15, -0.1) is 0 Å². The van der Waals surface area contributed by atoms with Gasteiger partial charge in [0.1, 0.15) is 5.82 Å². The molecule has 2 aromatic rings. The van der Waals surface area contributed by atoms with Crippen molar-refractivity contribution in [2.24, 2.45) is 0 Å². The molecule has 0 aliphatic heterocycles. The van der Waals surface area contributed by atoms with Crippen LogP contribution in [0.3, 0.4) is 0 Å². The average molecular weight is 315 g/mol. The van der Waals surface area contributed by atoms with Crippen molar-refractivity contribution in [3.63, 3.8) is 0 Å². The summed E-state index contributed by atoms with van der Waals surface area (Å²) < 4.78 is 1.77. The van der Waals surface area contributed by atoms with Crippen LogP contribution in [-0.2, 0) is 13.0 Å². The van der Waals surface area contributed by atoms with E-state index in [-0.39, 0.29) is 5.91 Å². The van der Waals surface area contributed by atoms with E-state index < -0.39 is 5.60 Å². The molecule has 0 radical (unpaired) electrons. The van der Waals surface area contributed by atoms with Crippen molar-refractivity contribution < 1.29 is 9.90 Å². The van der Waals surface area contributed by atoms with Crippen molar-refractivity contribution in [1.82, 2.24) is 9.78 Å². The molecule has 5 nitrogen and oxygen atoms in total. The molecule has 1 aromatic carbocycles. The van der Waals surface area contributed by atoms with Gasteiger partial charge in [0.25, 0.3) is 5.91 Å². The first-order valence-corrected chi connectivity index (χ1v) is 7.95. The van der Waals surface area contributed by atoms with Gasteiger partial charge in [-0.05, 0) is 58.2 Å². The molecule has 0 atom stereocenters. The molecule has 0 saturated heterocycles. The summed E-state index contributed by atoms with van der Waals surface area (Å²) in [6, 6.07) is 7.50. The molecule has 0 aliphatic carbocycles. The Labute approximate surface area is 137 Å². The van der Waals surface area contributed by atoms with E-state index in [9.17, 15) is 9.90 Å². The summed E-state index contributed by atoms with van der Waals surface area (Å²) in [5.74, 6) is 0.598. The minimum atomic E-state index is -0.674. The van der Waals surface area contributed by atoms with Gasteiger partial charge in [0.2, 0.25) is 0 Å². The van der Waals surface area contributed by atoms with Gasteiger partial charge in [-0.25, -0.2) is 4.68 Å². The van der Waals surface area contributed by atoms with Gasteiger partial charge < -0.3 is 10.4 Å². The van der Waals surface area contributed by atoms with E-state index in [0.29, 0.717) is 18.5 Å². The normalized spacial score (nSPS) is 11.5. The first-order chi connectivity index (χ1) is 10.8. The second-order valence-electron chi connectivity index (χ2n) is 6.46. The molecular weight excluding hydrogens is 290 g/mol. The maximum absolute atomic E-state index is 12.4. The summed E-state index contributed by atoms with van der Waals surface area (Å²) in [4.78, 5) is 12.4. The lowest BCUT2D eigenvalue weighted by Crippen LogP contribution is -2.19. The van der Waals surface area contributed by atoms with E-state index >= 15 is 0 Å². The molecule has 0 fully saturated rings. The van der Waals surface area contributed by atoms with Crippen LogP contribution in [0.1, 0.15) is 48.7 Å². The van der Waals surface area contributed by atoms with E-state index in [0.717, 1.165) is 23.4 Å². The molecule has 1 aromatic heterocycles. The molecular formula is C18H25N3O2. The van der Waals surface area contributed by atoms with Gasteiger partial charge in [-0.1, -0.05) is 12.1 Å². The second kappa shape index (κ2) is 6.96. The van der Waals surface area contributed by atoms with Gasteiger partial charge in [0, 0.05) is 17.7 Å². The highest BCUT2D eigenvalue weighted by molar-refractivity contribution is 6.04. The van der Waals surface area contributed by atoms with E-state index in [2.05, 4.69) is 10.4 Å². The highest BCUT2D eigenvalue weighted by Gasteiger charge is 2.14. The average Bonchev–Trinajstić information content (AvgIpc) is 2.85. The van der Waals surface area contributed by atoms with Crippen molar-refractivity contribution >= 4 is 11.7 Å². The highest BCUT2D eigenvalue weighted by atomic mass is 16.3. The number of rotatable bonds is 6. The van der Waals surface area contributed by atoms with Gasteiger partial charge in [0.05, 0.1) is 11.8 Å². The first kappa shape index (κ1) is 17.2. The standard InChI is InChI=1S/C18H25N3O2/c1-5-21-16(13(2)12-19-21)20-17(22)15-8-6-14(7-9-15)10-11-18(3,4)23/h6-9,12,23H,5,10-11H2,1-4H3,(H,20,22). The largest absolute Gasteiger partial charge is 0.390 e. The molecule has 0 unspecified atom stereocenters. The number of nitrogens with zero attached hydrogens (tertiary/aromatic N) is 2. The van der Waals surface area contributed by atoms with Crippen LogP contribution < -0.4 is 5.32 Å². The van der Waals surface area contributed by atoms with Crippen LogP contribution in [0.4, 0.5) is 5.82 Å². The third-order valence-corrected chi connectivity index (χ3v) is 3.80. The summed E-state index contributed by atoms with van der Waals surface area (Å²) in [6.45, 7) is 8.22. The lowest BCUT2D eigenvalue weighted by molar-refractivity contribution is 0.0714. The van der Waals surface area contributed by atoms with Crippen molar-refractivity contribution in [3.05, 3.63) is 47.2 Å². The number of hydrogen-bond acceptors (Lipinski definition) is 3. The predicted molar refractivity (Wildman–Crippen MR) is 91.7 cm³/mol. The molecule has 0 spiro atoms. The van der Waals surface area contributed by atoms with Crippen LogP contribution in [0, 0.1) is 6.92 Å². The zero-order chi connectivity index (χ0) is 17.0. The van der Waals surface area contributed by atoms with Crippen LogP contribution in [0.15, 0.2) is 30.5 Å². The Kier molecular flexibility index (Phi) is 5.21. The van der Waals surface area contributed by atoms with Crippen LogP contribution in [0.2, 0.25) is 0 Å². The smallest absolute Gasteiger partial charge is 0.256 e. The number of aliphatic hydroxyl groups is 1. The number of amides is 1. The number of carbonyl (C=O) groups excluding carboxylic acids is 1. The fourth-order valence-corrected chi connectivity index (χ4v) is 2.33. The Morgan fingerprint density at radius 1 is 1.30 bits per heavy atom. The Morgan fingerprint density at radius 2 is 1.96 bits per heavy atom. The maximum Gasteiger partial charge on any atom is 0.256 e. The topological polar surface area (TPSA) is 67.2 Å². The Morgan fingerprint density at radius 3 is 2.52 bits per heavy atom. The molecule has 23 heavy (non-hydrogen) atoms. The monoisotopic (exact) mass is 315 g/mol. The maximum atomic E-state index is 12.4. The van der Waals surface area contributed by atoms with Gasteiger partial charge in [-0.3, -0.25) is 4.79 Å². The SMILES string of the molecule is CCn1ncc(C)c1NC(=O)c1ccc(CCC(C)(C)O)cc1. The molecule has 124 valence electrons. The number of anilines is 1. The lowest BCUT2D eigenvalue weighted by atomic mass is 9.98. The summed E-state index contributed by atoms with van der Waals surface area (Å²) in [5, 5.41) is 16.9. The summed E-state index contributed by atoms with van der Waals surface area (Å²) in [5.41, 5.74) is 1.99. The summed E-state index contributed by atoms with van der Waals surface area (Å²) in [6.07, 6.45) is 3.22. The molecule has 0 saturated carbocycles. The van der Waals surface area contributed by atoms with E-state index in [1.165, 1.54) is 0 Å². The predicted octanol–water partition coefficient (Wildman–Crippen LogP) is 3.17. The lowest BCUT2D eigenvalue weighted by Gasteiger charge is -2.16. The zero-order valence-electron chi connectivity index (χ0n) is 14.3. The van der Waals surface area contributed by atoms with Crippen molar-refractivity contribution in [3.8, 4) is 0 Å². The van der Waals surface area contributed by atoms with Gasteiger partial charge in [0.15, 0.2) is 0 Å². The molecule has 1 heterocycles. The number of hydrogen-bond donors (Lipinski definition) is 2. The molecule has 1 amide bonds. The fraction of sp³-hybridized carbons (Fsp3) is 0.444. The molecule has 0 aliphatic rings. The van der Waals surface area contributed by atoms with Gasteiger partial charge >= 0.3 is 0 Å². The third kappa shape index (κ3) is 4.66. The Hall–Kier alpha value is -2.14. The van der Waals surface area contributed by atoms with E-state index in [1.54, 1.807) is 24.7 Å². The van der Waals surface area contributed by atoms with E-state index in [4.69, 9.17) is 0 Å². The molecule has 2 N–H and O–H groups in total. The Balaban J connectivity index is 2.04. The van der Waals surface area contributed by atoms with Crippen LogP contribution in [-0.4, -0.2) is 26.4 Å². The first-order valence-electron chi connectivity index (χ1n) is 7.95. The Bertz CT molecular complexity index is 667. The molecule has 2 rings (SSSR count). The van der Waals surface area contributed by atoms with E-state index in [1.807, 2.05) is 38.1 Å². The number of carbonyl (C=O) groups is 1. The third-order valence-electron chi connectivity index (χ3n) is 3.80. The molecule has 0 bridgehead atoms. The zero-order valence-corrected chi connectivity index (χ0v) is 14.3. The quantitative estimate of drug-likeness (QED) is 0.860. The number of benzene rings is 1. The van der Waals surface area contributed by atoms with Crippen LogP contribution in [0.5, 0.6) is 0 Å².